The first-order valence-corrected chi connectivity index (χ1v) is 7.57. The van der Waals surface area contributed by atoms with Crippen LogP contribution in [0, 0.1) is 0 Å². The van der Waals surface area contributed by atoms with Gasteiger partial charge in [0.15, 0.2) is 6.61 Å². The number of amides is 1. The van der Waals surface area contributed by atoms with Crippen LogP contribution in [-0.2, 0) is 4.79 Å². The average molecular weight is 365 g/mol. The van der Waals surface area contributed by atoms with E-state index in [2.05, 4.69) is 10.5 Å². The number of hydrogen-bond acceptors (Lipinski definition) is 6. The van der Waals surface area contributed by atoms with Gasteiger partial charge in [-0.3, -0.25) is 4.79 Å². The average Bonchev–Trinajstić information content (AvgIpc) is 2.61. The third kappa shape index (κ3) is 5.02. The van der Waals surface area contributed by atoms with Crippen molar-refractivity contribution in [1.29, 1.82) is 0 Å². The molecule has 25 heavy (non-hydrogen) atoms. The van der Waals surface area contributed by atoms with Crippen molar-refractivity contribution in [2.75, 3.05) is 20.8 Å². The predicted molar refractivity (Wildman–Crippen MR) is 93.9 cm³/mol. The fourth-order valence-corrected chi connectivity index (χ4v) is 2.10. The molecule has 2 aromatic rings. The fourth-order valence-electron chi connectivity index (χ4n) is 1.91. The van der Waals surface area contributed by atoms with Crippen molar-refractivity contribution in [2.45, 2.75) is 0 Å². The second kappa shape index (κ2) is 8.79. The first-order valence-electron chi connectivity index (χ1n) is 7.19. The number of phenols is 1. The SMILES string of the molecule is COc1cc(O)c(C=NNC(=O)COc2ccccc2Cl)c(OC)c1. The van der Waals surface area contributed by atoms with Crippen LogP contribution in [0.25, 0.3) is 0 Å². The Morgan fingerprint density at radius 3 is 2.68 bits per heavy atom. The molecule has 0 aromatic heterocycles. The minimum atomic E-state index is -0.483. The zero-order valence-electron chi connectivity index (χ0n) is 13.7. The van der Waals surface area contributed by atoms with Crippen LogP contribution in [0.2, 0.25) is 5.02 Å². The lowest BCUT2D eigenvalue weighted by Gasteiger charge is -2.09. The second-order valence-electron chi connectivity index (χ2n) is 4.77. The summed E-state index contributed by atoms with van der Waals surface area (Å²) in [6.45, 7) is -0.257. The van der Waals surface area contributed by atoms with Gasteiger partial charge in [0.25, 0.3) is 5.91 Å². The van der Waals surface area contributed by atoms with Gasteiger partial charge in [-0.15, -0.1) is 0 Å². The van der Waals surface area contributed by atoms with Gasteiger partial charge in [-0.2, -0.15) is 5.10 Å². The number of phenolic OH excluding ortho intramolecular Hbond substituents is 1. The van der Waals surface area contributed by atoms with Crippen LogP contribution < -0.4 is 19.6 Å². The number of ether oxygens (including phenoxy) is 3. The highest BCUT2D eigenvalue weighted by molar-refractivity contribution is 6.32. The molecule has 2 rings (SSSR count). The Hall–Kier alpha value is -2.93. The Morgan fingerprint density at radius 1 is 1.24 bits per heavy atom. The molecule has 0 radical (unpaired) electrons. The molecule has 0 heterocycles. The third-order valence-electron chi connectivity index (χ3n) is 3.13. The number of para-hydroxylation sites is 1. The van der Waals surface area contributed by atoms with Crippen LogP contribution in [0.1, 0.15) is 5.56 Å². The van der Waals surface area contributed by atoms with Crippen molar-refractivity contribution in [3.05, 3.63) is 47.0 Å². The van der Waals surface area contributed by atoms with E-state index in [1.165, 1.54) is 26.5 Å². The molecule has 0 bridgehead atoms. The van der Waals surface area contributed by atoms with E-state index in [0.29, 0.717) is 27.8 Å². The maximum atomic E-state index is 11.8. The van der Waals surface area contributed by atoms with Crippen LogP contribution in [0.4, 0.5) is 0 Å². The Morgan fingerprint density at radius 2 is 2.00 bits per heavy atom. The molecule has 132 valence electrons. The number of nitrogens with zero attached hydrogens (tertiary/aromatic N) is 1. The monoisotopic (exact) mass is 364 g/mol. The molecule has 0 saturated carbocycles. The van der Waals surface area contributed by atoms with Gasteiger partial charge in [0.1, 0.15) is 23.0 Å². The molecule has 2 aromatic carbocycles. The number of hydrazone groups is 1. The van der Waals surface area contributed by atoms with E-state index < -0.39 is 5.91 Å². The molecule has 0 spiro atoms. The topological polar surface area (TPSA) is 89.4 Å². The van der Waals surface area contributed by atoms with Crippen molar-refractivity contribution in [3.63, 3.8) is 0 Å². The van der Waals surface area contributed by atoms with Gasteiger partial charge in [-0.05, 0) is 12.1 Å². The van der Waals surface area contributed by atoms with Crippen molar-refractivity contribution < 1.29 is 24.1 Å². The van der Waals surface area contributed by atoms with Gasteiger partial charge in [0, 0.05) is 12.1 Å². The Kier molecular flexibility index (Phi) is 6.47. The van der Waals surface area contributed by atoms with E-state index in [4.69, 9.17) is 25.8 Å². The summed E-state index contributed by atoms with van der Waals surface area (Å²) in [7, 11) is 2.92. The number of nitrogens with one attached hydrogen (secondary N) is 1. The molecule has 0 saturated heterocycles. The molecule has 0 unspecified atom stereocenters. The van der Waals surface area contributed by atoms with Crippen molar-refractivity contribution >= 4 is 23.7 Å². The van der Waals surface area contributed by atoms with E-state index in [0.717, 1.165) is 0 Å². The number of carbonyl (C=O) groups is 1. The normalized spacial score (nSPS) is 10.5. The molecule has 1 amide bonds. The molecule has 2 N–H and O–H groups in total. The molecular formula is C17H17ClN2O5. The molecule has 7 nitrogen and oxygen atoms in total. The van der Waals surface area contributed by atoms with E-state index in [9.17, 15) is 9.90 Å². The smallest absolute Gasteiger partial charge is 0.277 e. The minimum absolute atomic E-state index is 0.0958. The molecule has 0 aliphatic carbocycles. The Bertz CT molecular complexity index is 780. The quantitative estimate of drug-likeness (QED) is 0.582. The Balaban J connectivity index is 1.96. The van der Waals surface area contributed by atoms with Crippen molar-refractivity contribution in [3.8, 4) is 23.0 Å². The summed E-state index contributed by atoms with van der Waals surface area (Å²) in [5.74, 6) is 0.605. The van der Waals surface area contributed by atoms with Crippen LogP contribution in [0.3, 0.4) is 0 Å². The van der Waals surface area contributed by atoms with E-state index >= 15 is 0 Å². The van der Waals surface area contributed by atoms with Crippen LogP contribution >= 0.6 is 11.6 Å². The highest BCUT2D eigenvalue weighted by Gasteiger charge is 2.10. The zero-order chi connectivity index (χ0) is 18.2. The number of rotatable bonds is 7. The van der Waals surface area contributed by atoms with Crippen LogP contribution in [0.5, 0.6) is 23.0 Å². The number of carbonyl (C=O) groups excluding carboxylic acids is 1. The van der Waals surface area contributed by atoms with Gasteiger partial charge in [-0.25, -0.2) is 5.43 Å². The lowest BCUT2D eigenvalue weighted by molar-refractivity contribution is -0.123. The molecule has 8 heteroatoms. The van der Waals surface area contributed by atoms with Gasteiger partial charge in [-0.1, -0.05) is 23.7 Å². The summed E-state index contributed by atoms with van der Waals surface area (Å²) in [5, 5.41) is 14.2. The summed E-state index contributed by atoms with van der Waals surface area (Å²) < 4.78 is 15.5. The highest BCUT2D eigenvalue weighted by atomic mass is 35.5. The number of aromatic hydroxyl groups is 1. The molecule has 0 aliphatic rings. The standard InChI is InChI=1S/C17H17ClN2O5/c1-23-11-7-14(21)12(16(8-11)24-2)9-19-20-17(22)10-25-15-6-4-3-5-13(15)18/h3-9,21H,10H2,1-2H3,(H,20,22). The fraction of sp³-hybridized carbons (Fsp3) is 0.176. The summed E-state index contributed by atoms with van der Waals surface area (Å²) in [6, 6.07) is 9.81. The van der Waals surface area contributed by atoms with Gasteiger partial charge in [0.05, 0.1) is 31.0 Å². The van der Waals surface area contributed by atoms with Gasteiger partial charge in [0.2, 0.25) is 0 Å². The number of methoxy groups -OCH3 is 2. The van der Waals surface area contributed by atoms with E-state index in [1.807, 2.05) is 0 Å². The maximum Gasteiger partial charge on any atom is 0.277 e. The van der Waals surface area contributed by atoms with Gasteiger partial charge < -0.3 is 19.3 Å². The third-order valence-corrected chi connectivity index (χ3v) is 3.44. The first kappa shape index (κ1) is 18.4. The molecule has 0 fully saturated rings. The number of benzene rings is 2. The molecule has 0 aliphatic heterocycles. The lowest BCUT2D eigenvalue weighted by Crippen LogP contribution is -2.24. The molecular weight excluding hydrogens is 348 g/mol. The van der Waals surface area contributed by atoms with Gasteiger partial charge >= 0.3 is 0 Å². The summed E-state index contributed by atoms with van der Waals surface area (Å²) >= 11 is 5.93. The summed E-state index contributed by atoms with van der Waals surface area (Å²) in [5.41, 5.74) is 2.59. The van der Waals surface area contributed by atoms with Crippen LogP contribution in [0.15, 0.2) is 41.5 Å². The lowest BCUT2D eigenvalue weighted by atomic mass is 10.2. The summed E-state index contributed by atoms with van der Waals surface area (Å²) in [6.07, 6.45) is 1.26. The van der Waals surface area contributed by atoms with Crippen LogP contribution in [-0.4, -0.2) is 38.1 Å². The maximum absolute atomic E-state index is 11.8. The number of hydrogen-bond donors (Lipinski definition) is 2. The highest BCUT2D eigenvalue weighted by Crippen LogP contribution is 2.31. The zero-order valence-corrected chi connectivity index (χ0v) is 14.4. The Labute approximate surface area is 149 Å². The second-order valence-corrected chi connectivity index (χ2v) is 5.18. The van der Waals surface area contributed by atoms with E-state index in [-0.39, 0.29) is 12.4 Å². The first-order chi connectivity index (χ1) is 12.0. The van der Waals surface area contributed by atoms with Crippen molar-refractivity contribution in [2.24, 2.45) is 5.10 Å². The largest absolute Gasteiger partial charge is 0.507 e. The van der Waals surface area contributed by atoms with E-state index in [1.54, 1.807) is 30.3 Å². The number of halogens is 1. The van der Waals surface area contributed by atoms with Crippen molar-refractivity contribution in [1.82, 2.24) is 5.43 Å². The predicted octanol–water partition coefficient (Wildman–Crippen LogP) is 2.59. The summed E-state index contributed by atoms with van der Waals surface area (Å²) in [4.78, 5) is 11.8. The molecule has 0 atom stereocenters. The minimum Gasteiger partial charge on any atom is -0.507 e.